The minimum Gasteiger partial charge on any atom is -0.385 e. The molecule has 0 bridgehead atoms. The van der Waals surface area contributed by atoms with Crippen LogP contribution in [0.1, 0.15) is 46.4 Å². The van der Waals surface area contributed by atoms with Gasteiger partial charge in [0.1, 0.15) is 0 Å². The number of carbonyl (C=O) groups is 2. The quantitative estimate of drug-likeness (QED) is 0.669. The van der Waals surface area contributed by atoms with Crippen molar-refractivity contribution in [1.29, 1.82) is 0 Å². The molecule has 0 aromatic heterocycles. The number of rotatable bonds is 8. The molecule has 6 nitrogen and oxygen atoms in total. The van der Waals surface area contributed by atoms with Gasteiger partial charge < -0.3 is 20.3 Å². The third kappa shape index (κ3) is 6.06. The molecule has 2 aromatic rings. The van der Waals surface area contributed by atoms with Gasteiger partial charge in [0, 0.05) is 55.9 Å². The minimum absolute atomic E-state index is 0.193. The number of amides is 2. The number of piperidine rings is 1. The Morgan fingerprint density at radius 1 is 0.966 bits per heavy atom. The van der Waals surface area contributed by atoms with Crippen molar-refractivity contribution in [2.45, 2.75) is 25.7 Å². The average Bonchev–Trinajstić information content (AvgIpc) is 2.78. The molecule has 0 spiro atoms. The van der Waals surface area contributed by atoms with Crippen molar-refractivity contribution in [3.63, 3.8) is 0 Å². The fourth-order valence-corrected chi connectivity index (χ4v) is 3.43. The second-order valence-electron chi connectivity index (χ2n) is 7.23. The van der Waals surface area contributed by atoms with Crippen LogP contribution in [0.2, 0.25) is 0 Å². The number of benzene rings is 2. The first-order valence-electron chi connectivity index (χ1n) is 10.2. The lowest BCUT2D eigenvalue weighted by molar-refractivity contribution is 0.0948. The molecule has 1 aliphatic heterocycles. The van der Waals surface area contributed by atoms with Crippen molar-refractivity contribution < 1.29 is 14.3 Å². The summed E-state index contributed by atoms with van der Waals surface area (Å²) >= 11 is 0. The summed E-state index contributed by atoms with van der Waals surface area (Å²) in [5.41, 5.74) is 2.85. The van der Waals surface area contributed by atoms with Crippen molar-refractivity contribution in [1.82, 2.24) is 5.32 Å². The number of carbonyl (C=O) groups excluding carboxylic acids is 2. The van der Waals surface area contributed by atoms with Crippen LogP contribution in [0.3, 0.4) is 0 Å². The molecule has 1 aliphatic rings. The van der Waals surface area contributed by atoms with Gasteiger partial charge >= 0.3 is 0 Å². The van der Waals surface area contributed by atoms with Crippen molar-refractivity contribution in [2.24, 2.45) is 0 Å². The monoisotopic (exact) mass is 395 g/mol. The number of methoxy groups -OCH3 is 1. The fraction of sp³-hybridized carbons (Fsp3) is 0.391. The molecule has 1 heterocycles. The maximum Gasteiger partial charge on any atom is 0.255 e. The lowest BCUT2D eigenvalue weighted by Gasteiger charge is -2.28. The van der Waals surface area contributed by atoms with E-state index in [0.717, 1.165) is 25.2 Å². The molecule has 2 N–H and O–H groups in total. The lowest BCUT2D eigenvalue weighted by Crippen LogP contribution is -2.29. The molecule has 2 amide bonds. The Balaban J connectivity index is 1.58. The van der Waals surface area contributed by atoms with Gasteiger partial charge in [-0.2, -0.15) is 0 Å². The SMILES string of the molecule is COCCCNC(=O)c1cccc(C(=O)Nc2ccc(N3CCCCC3)cc2)c1. The molecule has 6 heteroatoms. The highest BCUT2D eigenvalue weighted by Crippen LogP contribution is 2.22. The van der Waals surface area contributed by atoms with E-state index in [9.17, 15) is 9.59 Å². The Hall–Kier alpha value is -2.86. The number of hydrogen-bond donors (Lipinski definition) is 2. The van der Waals surface area contributed by atoms with Crippen LogP contribution in [0, 0.1) is 0 Å². The summed E-state index contributed by atoms with van der Waals surface area (Å²) in [5, 5.41) is 5.74. The highest BCUT2D eigenvalue weighted by molar-refractivity contribution is 6.06. The van der Waals surface area contributed by atoms with Crippen molar-refractivity contribution in [2.75, 3.05) is 43.6 Å². The molecule has 0 atom stereocenters. The molecule has 154 valence electrons. The summed E-state index contributed by atoms with van der Waals surface area (Å²) in [6.07, 6.45) is 4.51. The summed E-state index contributed by atoms with van der Waals surface area (Å²) in [6, 6.07) is 14.7. The summed E-state index contributed by atoms with van der Waals surface area (Å²) < 4.78 is 4.97. The molecular formula is C23H29N3O3. The van der Waals surface area contributed by atoms with Crippen LogP contribution in [-0.4, -0.2) is 45.2 Å². The molecule has 1 fully saturated rings. The van der Waals surface area contributed by atoms with Gasteiger partial charge in [0.15, 0.2) is 0 Å². The van der Waals surface area contributed by atoms with Crippen LogP contribution >= 0.6 is 0 Å². The van der Waals surface area contributed by atoms with Crippen LogP contribution in [0.25, 0.3) is 0 Å². The second-order valence-corrected chi connectivity index (χ2v) is 7.23. The number of nitrogens with one attached hydrogen (secondary N) is 2. The highest BCUT2D eigenvalue weighted by Gasteiger charge is 2.13. The molecule has 1 saturated heterocycles. The molecule has 0 radical (unpaired) electrons. The summed E-state index contributed by atoms with van der Waals surface area (Å²) in [7, 11) is 1.63. The topological polar surface area (TPSA) is 70.7 Å². The van der Waals surface area contributed by atoms with E-state index < -0.39 is 0 Å². The molecule has 29 heavy (non-hydrogen) atoms. The van der Waals surface area contributed by atoms with Gasteiger partial charge in [-0.15, -0.1) is 0 Å². The third-order valence-corrected chi connectivity index (χ3v) is 5.04. The molecule has 3 rings (SSSR count). The average molecular weight is 396 g/mol. The normalized spacial score (nSPS) is 13.8. The van der Waals surface area contributed by atoms with E-state index >= 15 is 0 Å². The van der Waals surface area contributed by atoms with Gasteiger partial charge in [-0.3, -0.25) is 9.59 Å². The van der Waals surface area contributed by atoms with Gasteiger partial charge in [-0.1, -0.05) is 6.07 Å². The molecule has 0 unspecified atom stereocenters. The standard InChI is InChI=1S/C23H29N3O3/c1-29-16-6-13-24-22(27)18-7-5-8-19(17-18)23(28)25-20-9-11-21(12-10-20)26-14-3-2-4-15-26/h5,7-12,17H,2-4,6,13-16H2,1H3,(H,24,27)(H,25,28). The summed E-state index contributed by atoms with van der Waals surface area (Å²) in [5.74, 6) is -0.425. The number of ether oxygens (including phenoxy) is 1. The zero-order chi connectivity index (χ0) is 20.5. The van der Waals surface area contributed by atoms with E-state index in [1.165, 1.54) is 24.9 Å². The van der Waals surface area contributed by atoms with Crippen molar-refractivity contribution >= 4 is 23.2 Å². The van der Waals surface area contributed by atoms with E-state index in [2.05, 4.69) is 15.5 Å². The zero-order valence-corrected chi connectivity index (χ0v) is 16.9. The van der Waals surface area contributed by atoms with Crippen LogP contribution in [-0.2, 0) is 4.74 Å². The molecular weight excluding hydrogens is 366 g/mol. The Morgan fingerprint density at radius 2 is 1.66 bits per heavy atom. The molecule has 2 aromatic carbocycles. The number of anilines is 2. The van der Waals surface area contributed by atoms with E-state index in [1.807, 2.05) is 24.3 Å². The van der Waals surface area contributed by atoms with Gasteiger partial charge in [-0.25, -0.2) is 0 Å². The summed E-state index contributed by atoms with van der Waals surface area (Å²) in [6.45, 7) is 3.31. The van der Waals surface area contributed by atoms with Gasteiger partial charge in [0.05, 0.1) is 0 Å². The Labute approximate surface area is 172 Å². The van der Waals surface area contributed by atoms with Crippen LogP contribution in [0.15, 0.2) is 48.5 Å². The summed E-state index contributed by atoms with van der Waals surface area (Å²) in [4.78, 5) is 27.2. The molecule has 0 aliphatic carbocycles. The van der Waals surface area contributed by atoms with Crippen LogP contribution < -0.4 is 15.5 Å². The molecule has 0 saturated carbocycles. The van der Waals surface area contributed by atoms with Crippen molar-refractivity contribution in [3.8, 4) is 0 Å². The van der Waals surface area contributed by atoms with E-state index in [1.54, 1.807) is 31.4 Å². The van der Waals surface area contributed by atoms with Crippen molar-refractivity contribution in [3.05, 3.63) is 59.7 Å². The predicted molar refractivity (Wildman–Crippen MR) is 116 cm³/mol. The lowest BCUT2D eigenvalue weighted by atomic mass is 10.1. The van der Waals surface area contributed by atoms with Crippen LogP contribution in [0.4, 0.5) is 11.4 Å². The third-order valence-electron chi connectivity index (χ3n) is 5.04. The number of hydrogen-bond acceptors (Lipinski definition) is 4. The number of nitrogens with zero attached hydrogens (tertiary/aromatic N) is 1. The smallest absolute Gasteiger partial charge is 0.255 e. The first kappa shape index (κ1) is 20.9. The van der Waals surface area contributed by atoms with E-state index in [-0.39, 0.29) is 11.8 Å². The van der Waals surface area contributed by atoms with E-state index in [0.29, 0.717) is 24.3 Å². The maximum absolute atomic E-state index is 12.6. The maximum atomic E-state index is 12.6. The van der Waals surface area contributed by atoms with E-state index in [4.69, 9.17) is 4.74 Å². The first-order chi connectivity index (χ1) is 14.2. The predicted octanol–water partition coefficient (Wildman–Crippen LogP) is 3.70. The van der Waals surface area contributed by atoms with Gasteiger partial charge in [0.2, 0.25) is 0 Å². The van der Waals surface area contributed by atoms with Crippen LogP contribution in [0.5, 0.6) is 0 Å². The second kappa shape index (κ2) is 10.6. The zero-order valence-electron chi connectivity index (χ0n) is 16.9. The highest BCUT2D eigenvalue weighted by atomic mass is 16.5. The van der Waals surface area contributed by atoms with Gasteiger partial charge in [-0.05, 0) is 68.1 Å². The largest absolute Gasteiger partial charge is 0.385 e. The first-order valence-corrected chi connectivity index (χ1v) is 10.2. The Kier molecular flexibility index (Phi) is 7.64. The fourth-order valence-electron chi connectivity index (χ4n) is 3.43. The Morgan fingerprint density at radius 3 is 2.34 bits per heavy atom. The minimum atomic E-state index is -0.232. The van der Waals surface area contributed by atoms with Gasteiger partial charge in [0.25, 0.3) is 11.8 Å². The Bertz CT molecular complexity index is 814.